The van der Waals surface area contributed by atoms with Crippen LogP contribution in [0.25, 0.3) is 0 Å². The van der Waals surface area contributed by atoms with Crippen molar-refractivity contribution in [2.75, 3.05) is 0 Å². The van der Waals surface area contributed by atoms with Crippen molar-refractivity contribution < 1.29 is 18.3 Å². The van der Waals surface area contributed by atoms with E-state index >= 15 is 0 Å². The van der Waals surface area contributed by atoms with E-state index in [4.69, 9.17) is 0 Å². The number of nitrogens with zero attached hydrogens (tertiary/aromatic N) is 3. The Morgan fingerprint density at radius 2 is 2.17 bits per heavy atom. The zero-order chi connectivity index (χ0) is 13.3. The Morgan fingerprint density at radius 3 is 2.72 bits per heavy atom. The molecule has 98 valence electrons. The van der Waals surface area contributed by atoms with Crippen LogP contribution in [0.3, 0.4) is 0 Å². The summed E-state index contributed by atoms with van der Waals surface area (Å²) >= 11 is 0.438. The number of thiazole rings is 1. The third-order valence-electron chi connectivity index (χ3n) is 2.40. The molecule has 0 amide bonds. The molecule has 0 bridgehead atoms. The summed E-state index contributed by atoms with van der Waals surface area (Å²) < 4.78 is 38.9. The van der Waals surface area contributed by atoms with Gasteiger partial charge in [-0.05, 0) is 6.92 Å². The zero-order valence-electron chi connectivity index (χ0n) is 9.35. The van der Waals surface area contributed by atoms with Crippen LogP contribution < -0.4 is 0 Å². The highest BCUT2D eigenvalue weighted by Crippen LogP contribution is 2.35. The number of hydrogen-bond acceptors (Lipinski definition) is 4. The molecule has 0 fully saturated rings. The monoisotopic (exact) mass is 277 g/mol. The fourth-order valence-electron chi connectivity index (χ4n) is 1.51. The van der Waals surface area contributed by atoms with Crippen LogP contribution in [0.1, 0.15) is 28.6 Å². The van der Waals surface area contributed by atoms with Crippen LogP contribution in [0.15, 0.2) is 18.7 Å². The Labute approximate surface area is 105 Å². The first kappa shape index (κ1) is 13.0. The molecule has 0 spiro atoms. The molecule has 0 aliphatic carbocycles. The van der Waals surface area contributed by atoms with E-state index in [1.807, 2.05) is 6.92 Å². The fraction of sp³-hybridized carbons (Fsp3) is 0.400. The maximum Gasteiger partial charge on any atom is 0.443 e. The van der Waals surface area contributed by atoms with Crippen LogP contribution in [0, 0.1) is 0 Å². The van der Waals surface area contributed by atoms with E-state index in [-0.39, 0.29) is 4.88 Å². The van der Waals surface area contributed by atoms with Crippen molar-refractivity contribution in [3.8, 4) is 0 Å². The molecule has 18 heavy (non-hydrogen) atoms. The smallest absolute Gasteiger partial charge is 0.381 e. The summed E-state index contributed by atoms with van der Waals surface area (Å²) in [4.78, 5) is 7.29. The highest BCUT2D eigenvalue weighted by atomic mass is 32.1. The summed E-state index contributed by atoms with van der Waals surface area (Å²) in [7, 11) is 0. The predicted octanol–water partition coefficient (Wildman–Crippen LogP) is 2.46. The van der Waals surface area contributed by atoms with Gasteiger partial charge in [-0.15, -0.1) is 11.3 Å². The largest absolute Gasteiger partial charge is 0.443 e. The third kappa shape index (κ3) is 2.39. The molecule has 2 heterocycles. The molecule has 2 aromatic rings. The Hall–Kier alpha value is -1.41. The SMILES string of the molecule is CCn1cncc1C(O)c1cnc(C(F)(F)F)s1. The number of aliphatic hydroxyl groups excluding tert-OH is 1. The first-order valence-electron chi connectivity index (χ1n) is 5.14. The van der Waals surface area contributed by atoms with Gasteiger partial charge in [0.2, 0.25) is 0 Å². The van der Waals surface area contributed by atoms with Crippen LogP contribution in [-0.4, -0.2) is 19.6 Å². The van der Waals surface area contributed by atoms with Gasteiger partial charge in [-0.1, -0.05) is 0 Å². The number of aliphatic hydroxyl groups is 1. The van der Waals surface area contributed by atoms with Crippen LogP contribution in [0.5, 0.6) is 0 Å². The van der Waals surface area contributed by atoms with Crippen molar-refractivity contribution >= 4 is 11.3 Å². The average Bonchev–Trinajstić information content (AvgIpc) is 2.96. The molecular formula is C10H10F3N3OS. The molecule has 2 aromatic heterocycles. The van der Waals surface area contributed by atoms with Crippen LogP contribution in [0.4, 0.5) is 13.2 Å². The second-order valence-corrected chi connectivity index (χ2v) is 4.63. The topological polar surface area (TPSA) is 50.9 Å². The summed E-state index contributed by atoms with van der Waals surface area (Å²) in [6.07, 6.45) is -1.62. The number of alkyl halides is 3. The van der Waals surface area contributed by atoms with E-state index in [1.54, 1.807) is 4.57 Å². The zero-order valence-corrected chi connectivity index (χ0v) is 10.2. The van der Waals surface area contributed by atoms with Crippen molar-refractivity contribution in [1.82, 2.24) is 14.5 Å². The van der Waals surface area contributed by atoms with Gasteiger partial charge in [0.15, 0.2) is 5.01 Å². The van der Waals surface area contributed by atoms with Gasteiger partial charge in [-0.2, -0.15) is 13.2 Å². The van der Waals surface area contributed by atoms with E-state index < -0.39 is 17.3 Å². The molecule has 0 aliphatic heterocycles. The number of imidazole rings is 1. The van der Waals surface area contributed by atoms with Gasteiger partial charge in [0, 0.05) is 12.7 Å². The molecule has 0 saturated heterocycles. The van der Waals surface area contributed by atoms with Crippen molar-refractivity contribution in [3.05, 3.63) is 34.3 Å². The molecule has 2 rings (SSSR count). The van der Waals surface area contributed by atoms with Gasteiger partial charge in [0.1, 0.15) is 6.10 Å². The maximum absolute atomic E-state index is 12.4. The molecule has 1 N–H and O–H groups in total. The lowest BCUT2D eigenvalue weighted by Gasteiger charge is -2.10. The molecule has 1 atom stereocenters. The van der Waals surface area contributed by atoms with E-state index in [9.17, 15) is 18.3 Å². The minimum atomic E-state index is -4.48. The fourth-order valence-corrected chi connectivity index (χ4v) is 2.29. The molecule has 0 aliphatic rings. The van der Waals surface area contributed by atoms with Gasteiger partial charge in [-0.25, -0.2) is 9.97 Å². The molecule has 0 aromatic carbocycles. The third-order valence-corrected chi connectivity index (χ3v) is 3.50. The van der Waals surface area contributed by atoms with Gasteiger partial charge in [0.05, 0.1) is 23.1 Å². The van der Waals surface area contributed by atoms with Crippen LogP contribution in [-0.2, 0) is 12.7 Å². The number of aryl methyl sites for hydroxylation is 1. The Balaban J connectivity index is 2.29. The Kier molecular flexibility index (Phi) is 3.40. The normalized spacial score (nSPS) is 13.8. The molecular weight excluding hydrogens is 267 g/mol. The Bertz CT molecular complexity index is 534. The molecule has 0 saturated carbocycles. The van der Waals surface area contributed by atoms with E-state index in [0.29, 0.717) is 23.6 Å². The predicted molar refractivity (Wildman–Crippen MR) is 59.1 cm³/mol. The molecule has 1 unspecified atom stereocenters. The Morgan fingerprint density at radius 1 is 1.44 bits per heavy atom. The lowest BCUT2D eigenvalue weighted by Crippen LogP contribution is -2.05. The minimum Gasteiger partial charge on any atom is -0.381 e. The first-order chi connectivity index (χ1) is 8.43. The first-order valence-corrected chi connectivity index (χ1v) is 5.96. The van der Waals surface area contributed by atoms with Crippen molar-refractivity contribution in [2.45, 2.75) is 25.7 Å². The highest BCUT2D eigenvalue weighted by Gasteiger charge is 2.35. The summed E-state index contributed by atoms with van der Waals surface area (Å²) in [6.45, 7) is 2.43. The second kappa shape index (κ2) is 4.69. The number of aromatic nitrogens is 3. The van der Waals surface area contributed by atoms with Gasteiger partial charge in [-0.3, -0.25) is 0 Å². The van der Waals surface area contributed by atoms with Crippen molar-refractivity contribution in [2.24, 2.45) is 0 Å². The van der Waals surface area contributed by atoms with E-state index in [1.165, 1.54) is 12.5 Å². The molecule has 8 heteroatoms. The summed E-state index contributed by atoms with van der Waals surface area (Å²) in [5, 5.41) is 9.05. The van der Waals surface area contributed by atoms with E-state index in [2.05, 4.69) is 9.97 Å². The quantitative estimate of drug-likeness (QED) is 0.937. The van der Waals surface area contributed by atoms with Crippen molar-refractivity contribution in [3.63, 3.8) is 0 Å². The maximum atomic E-state index is 12.4. The summed E-state index contributed by atoms with van der Waals surface area (Å²) in [5.74, 6) is 0. The minimum absolute atomic E-state index is 0.150. The standard InChI is InChI=1S/C10H10F3N3OS/c1-2-16-5-14-3-6(16)8(17)7-4-15-9(18-7)10(11,12)13/h3-5,8,17H,2H2,1H3. The lowest BCUT2D eigenvalue weighted by atomic mass is 10.2. The lowest BCUT2D eigenvalue weighted by molar-refractivity contribution is -0.137. The van der Waals surface area contributed by atoms with Gasteiger partial charge >= 0.3 is 6.18 Å². The number of hydrogen-bond donors (Lipinski definition) is 1. The number of rotatable bonds is 3. The average molecular weight is 277 g/mol. The summed E-state index contributed by atoms with van der Waals surface area (Å²) in [5.41, 5.74) is 0.454. The molecule has 4 nitrogen and oxygen atoms in total. The van der Waals surface area contributed by atoms with Crippen LogP contribution >= 0.6 is 11.3 Å². The summed E-state index contributed by atoms with van der Waals surface area (Å²) in [6, 6.07) is 0. The van der Waals surface area contributed by atoms with E-state index in [0.717, 1.165) is 6.20 Å². The van der Waals surface area contributed by atoms with Crippen molar-refractivity contribution in [1.29, 1.82) is 0 Å². The second-order valence-electron chi connectivity index (χ2n) is 3.57. The number of halogens is 3. The molecule has 0 radical (unpaired) electrons. The van der Waals surface area contributed by atoms with Gasteiger partial charge in [0.25, 0.3) is 0 Å². The highest BCUT2D eigenvalue weighted by molar-refractivity contribution is 7.11. The van der Waals surface area contributed by atoms with Crippen LogP contribution in [0.2, 0.25) is 0 Å². The van der Waals surface area contributed by atoms with Gasteiger partial charge < -0.3 is 9.67 Å².